The lowest BCUT2D eigenvalue weighted by molar-refractivity contribution is 0.477. The molecule has 1 aromatic heterocycles. The minimum atomic E-state index is -3.74. The molecule has 2 aromatic rings. The lowest BCUT2D eigenvalue weighted by Gasteiger charge is -2.14. The molecule has 1 aromatic carbocycles. The van der Waals surface area contributed by atoms with Crippen LogP contribution >= 0.6 is 0 Å². The zero-order chi connectivity index (χ0) is 15.8. The van der Waals surface area contributed by atoms with E-state index in [4.69, 9.17) is 10.2 Å². The summed E-state index contributed by atoms with van der Waals surface area (Å²) in [6, 6.07) is 5.13. The molecular formula is C14H18N2O4S. The van der Waals surface area contributed by atoms with E-state index in [1.165, 1.54) is 18.2 Å². The van der Waals surface area contributed by atoms with Crippen LogP contribution < -0.4 is 10.5 Å². The molecule has 6 nitrogen and oxygen atoms in total. The van der Waals surface area contributed by atoms with E-state index >= 15 is 0 Å². The van der Waals surface area contributed by atoms with Gasteiger partial charge in [0.1, 0.15) is 17.3 Å². The summed E-state index contributed by atoms with van der Waals surface area (Å²) in [5, 5.41) is 9.36. The average molecular weight is 310 g/mol. The van der Waals surface area contributed by atoms with Crippen LogP contribution in [0.3, 0.4) is 0 Å². The number of hydrogen-bond acceptors (Lipinski definition) is 5. The lowest BCUT2D eigenvalue weighted by Crippen LogP contribution is -2.27. The fraction of sp³-hybridized carbons (Fsp3) is 0.286. The van der Waals surface area contributed by atoms with Gasteiger partial charge in [-0.05, 0) is 45.0 Å². The summed E-state index contributed by atoms with van der Waals surface area (Å²) in [5.74, 6) is 1.25. The summed E-state index contributed by atoms with van der Waals surface area (Å²) in [4.78, 5) is 0.00233. The van der Waals surface area contributed by atoms with Gasteiger partial charge in [-0.25, -0.2) is 13.1 Å². The number of phenols is 1. The van der Waals surface area contributed by atoms with Gasteiger partial charge in [-0.2, -0.15) is 0 Å². The van der Waals surface area contributed by atoms with Crippen LogP contribution in [0.25, 0.3) is 0 Å². The quantitative estimate of drug-likeness (QED) is 0.593. The maximum Gasteiger partial charge on any atom is 0.241 e. The molecule has 0 saturated heterocycles. The molecule has 0 aliphatic rings. The van der Waals surface area contributed by atoms with Crippen molar-refractivity contribution in [3.8, 4) is 5.75 Å². The highest BCUT2D eigenvalue weighted by atomic mass is 32.2. The first-order valence-electron chi connectivity index (χ1n) is 6.38. The molecule has 1 heterocycles. The second kappa shape index (κ2) is 5.42. The average Bonchev–Trinajstić information content (AvgIpc) is 2.71. The number of phenolic OH excluding ortho intramolecular Hbond substituents is 1. The van der Waals surface area contributed by atoms with Crippen LogP contribution in [0, 0.1) is 13.8 Å². The van der Waals surface area contributed by atoms with Gasteiger partial charge in [0.2, 0.25) is 10.0 Å². The minimum Gasteiger partial charge on any atom is -0.506 e. The van der Waals surface area contributed by atoms with E-state index in [-0.39, 0.29) is 16.3 Å². The van der Waals surface area contributed by atoms with Crippen molar-refractivity contribution >= 4 is 15.7 Å². The summed E-state index contributed by atoms with van der Waals surface area (Å²) in [6.07, 6.45) is 0. The lowest BCUT2D eigenvalue weighted by atomic mass is 10.1. The third-order valence-electron chi connectivity index (χ3n) is 3.19. The SMILES string of the molecule is Cc1cc(C(C)NS(=O)(=O)c2ccc(O)c(N)c2)c(C)o1. The van der Waals surface area contributed by atoms with E-state index < -0.39 is 16.1 Å². The molecule has 0 aliphatic carbocycles. The van der Waals surface area contributed by atoms with Crippen LogP contribution in [0.15, 0.2) is 33.6 Å². The van der Waals surface area contributed by atoms with Crippen molar-refractivity contribution in [3.63, 3.8) is 0 Å². The Balaban J connectivity index is 2.28. The maximum atomic E-state index is 12.3. The van der Waals surface area contributed by atoms with Gasteiger partial charge >= 0.3 is 0 Å². The predicted molar refractivity (Wildman–Crippen MR) is 79.4 cm³/mol. The second-order valence-corrected chi connectivity index (χ2v) is 6.65. The van der Waals surface area contributed by atoms with Crippen LogP contribution in [0.5, 0.6) is 5.75 Å². The molecule has 0 radical (unpaired) electrons. The van der Waals surface area contributed by atoms with E-state index in [0.29, 0.717) is 5.76 Å². The number of hydrogen-bond donors (Lipinski definition) is 3. The van der Waals surface area contributed by atoms with Gasteiger partial charge in [-0.1, -0.05) is 0 Å². The minimum absolute atomic E-state index is 0.00233. The number of rotatable bonds is 4. The molecule has 0 fully saturated rings. The number of nitrogen functional groups attached to an aromatic ring is 1. The monoisotopic (exact) mass is 310 g/mol. The molecule has 0 saturated carbocycles. The molecule has 0 amide bonds. The molecule has 7 heteroatoms. The van der Waals surface area contributed by atoms with Crippen molar-refractivity contribution < 1.29 is 17.9 Å². The Hall–Kier alpha value is -1.99. The largest absolute Gasteiger partial charge is 0.506 e. The van der Waals surface area contributed by atoms with E-state index in [1.807, 2.05) is 0 Å². The molecule has 21 heavy (non-hydrogen) atoms. The summed E-state index contributed by atoms with van der Waals surface area (Å²) in [5.41, 5.74) is 6.32. The van der Waals surface area contributed by atoms with Crippen molar-refractivity contribution in [2.45, 2.75) is 31.7 Å². The molecule has 1 atom stereocenters. The molecule has 4 N–H and O–H groups in total. The number of nitrogens with two attached hydrogens (primary N) is 1. The molecule has 1 unspecified atom stereocenters. The Morgan fingerprint density at radius 2 is 1.95 bits per heavy atom. The Kier molecular flexibility index (Phi) is 3.97. The number of aryl methyl sites for hydroxylation is 2. The maximum absolute atomic E-state index is 12.3. The fourth-order valence-electron chi connectivity index (χ4n) is 2.14. The predicted octanol–water partition coefficient (Wildman–Crippen LogP) is 2.22. The summed E-state index contributed by atoms with van der Waals surface area (Å²) in [6.45, 7) is 5.32. The highest BCUT2D eigenvalue weighted by Gasteiger charge is 2.21. The van der Waals surface area contributed by atoms with Crippen molar-refractivity contribution in [2.75, 3.05) is 5.73 Å². The van der Waals surface area contributed by atoms with Crippen LogP contribution in [-0.2, 0) is 10.0 Å². The molecule has 0 aliphatic heterocycles. The summed E-state index contributed by atoms with van der Waals surface area (Å²) in [7, 11) is -3.74. The molecular weight excluding hydrogens is 292 g/mol. The van der Waals surface area contributed by atoms with Gasteiger partial charge in [-0.15, -0.1) is 0 Å². The van der Waals surface area contributed by atoms with E-state index in [1.54, 1.807) is 26.8 Å². The molecule has 0 bridgehead atoms. The Bertz CT molecular complexity index is 765. The first-order chi connectivity index (χ1) is 9.70. The number of anilines is 1. The molecule has 0 spiro atoms. The van der Waals surface area contributed by atoms with Gasteiger partial charge in [0, 0.05) is 11.6 Å². The Morgan fingerprint density at radius 1 is 1.29 bits per heavy atom. The number of aromatic hydroxyl groups is 1. The first-order valence-corrected chi connectivity index (χ1v) is 7.87. The highest BCUT2D eigenvalue weighted by molar-refractivity contribution is 7.89. The van der Waals surface area contributed by atoms with Crippen molar-refractivity contribution in [2.24, 2.45) is 0 Å². The van der Waals surface area contributed by atoms with Crippen molar-refractivity contribution in [1.29, 1.82) is 0 Å². The van der Waals surface area contributed by atoms with Gasteiger partial charge in [0.25, 0.3) is 0 Å². The van der Waals surface area contributed by atoms with Crippen molar-refractivity contribution in [3.05, 3.63) is 41.3 Å². The normalized spacial score (nSPS) is 13.3. The Morgan fingerprint density at radius 3 is 2.48 bits per heavy atom. The van der Waals surface area contributed by atoms with Crippen molar-refractivity contribution in [1.82, 2.24) is 4.72 Å². The molecule has 2 rings (SSSR count). The van der Waals surface area contributed by atoms with E-state index in [2.05, 4.69) is 4.72 Å². The topological polar surface area (TPSA) is 106 Å². The van der Waals surface area contributed by atoms with Gasteiger partial charge in [0.05, 0.1) is 10.6 Å². The number of sulfonamides is 1. The van der Waals surface area contributed by atoms with Gasteiger partial charge < -0.3 is 15.3 Å². The van der Waals surface area contributed by atoms with Crippen LogP contribution in [0.2, 0.25) is 0 Å². The zero-order valence-corrected chi connectivity index (χ0v) is 12.9. The van der Waals surface area contributed by atoms with E-state index in [9.17, 15) is 13.5 Å². The fourth-order valence-corrected chi connectivity index (χ4v) is 3.40. The van der Waals surface area contributed by atoms with Gasteiger partial charge in [-0.3, -0.25) is 0 Å². The second-order valence-electron chi connectivity index (χ2n) is 4.93. The third kappa shape index (κ3) is 3.20. The first kappa shape index (κ1) is 15.4. The summed E-state index contributed by atoms with van der Waals surface area (Å²) < 4.78 is 32.6. The van der Waals surface area contributed by atoms with Crippen LogP contribution in [0.1, 0.15) is 30.0 Å². The summed E-state index contributed by atoms with van der Waals surface area (Å²) >= 11 is 0. The van der Waals surface area contributed by atoms with Gasteiger partial charge in [0.15, 0.2) is 0 Å². The third-order valence-corrected chi connectivity index (χ3v) is 4.73. The van der Waals surface area contributed by atoms with Crippen LogP contribution in [-0.4, -0.2) is 13.5 Å². The van der Waals surface area contributed by atoms with E-state index in [0.717, 1.165) is 11.3 Å². The Labute approximate surface area is 123 Å². The number of nitrogens with one attached hydrogen (secondary N) is 1. The smallest absolute Gasteiger partial charge is 0.241 e. The zero-order valence-electron chi connectivity index (χ0n) is 12.0. The van der Waals surface area contributed by atoms with Crippen LogP contribution in [0.4, 0.5) is 5.69 Å². The standard InChI is InChI=1S/C14H18N2O4S/c1-8-6-12(10(3)20-8)9(2)16-21(18,19)11-4-5-14(17)13(15)7-11/h4-7,9,16-17H,15H2,1-3H3. The number of benzene rings is 1. The molecule has 114 valence electrons. The highest BCUT2D eigenvalue weighted by Crippen LogP contribution is 2.26. The number of furan rings is 1.